The molecule has 0 bridgehead atoms. The summed E-state index contributed by atoms with van der Waals surface area (Å²) >= 11 is 3.37. The summed E-state index contributed by atoms with van der Waals surface area (Å²) in [6, 6.07) is 6.53. The van der Waals surface area contributed by atoms with Crippen LogP contribution in [0.3, 0.4) is 0 Å². The Morgan fingerprint density at radius 2 is 1.85 bits per heavy atom. The van der Waals surface area contributed by atoms with Gasteiger partial charge in [-0.05, 0) is 31.0 Å². The van der Waals surface area contributed by atoms with E-state index in [1.807, 2.05) is 24.3 Å². The molecule has 1 aliphatic carbocycles. The van der Waals surface area contributed by atoms with E-state index in [0.29, 0.717) is 5.56 Å². The highest BCUT2D eigenvalue weighted by molar-refractivity contribution is 9.10. The average molecular weight is 433 g/mol. The summed E-state index contributed by atoms with van der Waals surface area (Å²) in [5, 5.41) is 7.87. The lowest BCUT2D eigenvalue weighted by Gasteiger charge is -2.28. The predicted octanol–water partition coefficient (Wildman–Crippen LogP) is 3.12. The highest BCUT2D eigenvalue weighted by atomic mass is 79.9. The van der Waals surface area contributed by atoms with E-state index in [2.05, 4.69) is 26.1 Å². The van der Waals surface area contributed by atoms with Crippen LogP contribution < -0.4 is 0 Å². The van der Waals surface area contributed by atoms with Gasteiger partial charge in [0.1, 0.15) is 6.54 Å². The molecule has 8 nitrogen and oxygen atoms in total. The second kappa shape index (κ2) is 7.22. The third-order valence-electron chi connectivity index (χ3n) is 4.86. The van der Waals surface area contributed by atoms with Crippen LogP contribution in [0.25, 0.3) is 11.5 Å². The first kappa shape index (κ1) is 17.8. The zero-order valence-corrected chi connectivity index (χ0v) is 16.0. The Balaban J connectivity index is 1.52. The zero-order chi connectivity index (χ0) is 19.0. The zero-order valence-electron chi connectivity index (χ0n) is 14.4. The van der Waals surface area contributed by atoms with E-state index in [4.69, 9.17) is 4.42 Å². The summed E-state index contributed by atoms with van der Waals surface area (Å²) in [5.41, 5.74) is 0.710. The molecule has 2 aromatic rings. The number of aromatic nitrogens is 2. The van der Waals surface area contributed by atoms with E-state index in [-0.39, 0.29) is 24.4 Å². The minimum atomic E-state index is -0.840. The third kappa shape index (κ3) is 3.39. The van der Waals surface area contributed by atoms with E-state index in [9.17, 15) is 14.4 Å². The minimum absolute atomic E-state index is 0.102. The minimum Gasteiger partial charge on any atom is -0.419 e. The summed E-state index contributed by atoms with van der Waals surface area (Å²) in [6.07, 6.45) is 4.48. The number of amides is 4. The molecule has 2 fully saturated rings. The van der Waals surface area contributed by atoms with Gasteiger partial charge in [0.2, 0.25) is 11.8 Å². The van der Waals surface area contributed by atoms with Crippen LogP contribution in [0.5, 0.6) is 0 Å². The second-order valence-electron chi connectivity index (χ2n) is 6.65. The maximum atomic E-state index is 12.7. The van der Waals surface area contributed by atoms with Crippen LogP contribution in [-0.4, -0.2) is 43.9 Å². The number of imide groups is 2. The number of rotatable bonds is 4. The molecule has 1 saturated carbocycles. The van der Waals surface area contributed by atoms with Gasteiger partial charge in [-0.1, -0.05) is 41.3 Å². The average Bonchev–Trinajstić information content (AvgIpc) is 3.22. The molecule has 1 aromatic heterocycles. The van der Waals surface area contributed by atoms with Crippen LogP contribution in [0, 0.1) is 0 Å². The van der Waals surface area contributed by atoms with E-state index < -0.39 is 17.8 Å². The molecule has 9 heteroatoms. The van der Waals surface area contributed by atoms with Gasteiger partial charge in [-0.3, -0.25) is 14.5 Å². The molecular formula is C18H17BrN4O4. The standard InChI is InChI=1S/C18H17BrN4O4/c19-12-6-4-5-11(9-12)15-21-20-14(27-15)10-22-16(24)17(25)23(18(22)26)13-7-2-1-3-8-13/h4-6,9,13H,1-3,7-8,10H2. The highest BCUT2D eigenvalue weighted by Crippen LogP contribution is 2.28. The molecular weight excluding hydrogens is 416 g/mol. The maximum absolute atomic E-state index is 12.7. The predicted molar refractivity (Wildman–Crippen MR) is 97.1 cm³/mol. The molecule has 140 valence electrons. The van der Waals surface area contributed by atoms with Crippen LogP contribution >= 0.6 is 15.9 Å². The molecule has 4 rings (SSSR count). The smallest absolute Gasteiger partial charge is 0.334 e. The Bertz CT molecular complexity index is 906. The van der Waals surface area contributed by atoms with Crippen LogP contribution in [0.4, 0.5) is 4.79 Å². The SMILES string of the molecule is O=C1C(=O)N(C2CCCCC2)C(=O)N1Cc1nnc(-c2cccc(Br)c2)o1. The number of hydrogen-bond acceptors (Lipinski definition) is 6. The molecule has 4 amide bonds. The van der Waals surface area contributed by atoms with E-state index >= 15 is 0 Å². The molecule has 2 aliphatic rings. The first-order valence-electron chi connectivity index (χ1n) is 8.82. The lowest BCUT2D eigenvalue weighted by molar-refractivity contribution is -0.144. The lowest BCUT2D eigenvalue weighted by Crippen LogP contribution is -2.42. The summed E-state index contributed by atoms with van der Waals surface area (Å²) in [5.74, 6) is -1.22. The highest BCUT2D eigenvalue weighted by Gasteiger charge is 2.48. The Morgan fingerprint density at radius 1 is 1.07 bits per heavy atom. The van der Waals surface area contributed by atoms with Crippen molar-refractivity contribution in [1.82, 2.24) is 20.0 Å². The largest absolute Gasteiger partial charge is 0.419 e. The summed E-state index contributed by atoms with van der Waals surface area (Å²) in [4.78, 5) is 39.3. The fraction of sp³-hybridized carbons (Fsp3) is 0.389. The molecule has 0 atom stereocenters. The molecule has 0 radical (unpaired) electrons. The van der Waals surface area contributed by atoms with Crippen molar-refractivity contribution in [2.24, 2.45) is 0 Å². The van der Waals surface area contributed by atoms with Crippen molar-refractivity contribution >= 4 is 33.8 Å². The monoisotopic (exact) mass is 432 g/mol. The molecule has 0 N–H and O–H groups in total. The Hall–Kier alpha value is -2.55. The molecule has 27 heavy (non-hydrogen) atoms. The van der Waals surface area contributed by atoms with Crippen LogP contribution in [0.2, 0.25) is 0 Å². The second-order valence-corrected chi connectivity index (χ2v) is 7.57. The molecule has 1 aromatic carbocycles. The maximum Gasteiger partial charge on any atom is 0.334 e. The Kier molecular flexibility index (Phi) is 4.77. The molecule has 2 heterocycles. The van der Waals surface area contributed by atoms with Gasteiger partial charge in [-0.25, -0.2) is 9.69 Å². The number of halogens is 1. The molecule has 0 unspecified atom stereocenters. The number of benzene rings is 1. The molecule has 1 saturated heterocycles. The van der Waals surface area contributed by atoms with E-state index in [0.717, 1.165) is 46.4 Å². The van der Waals surface area contributed by atoms with E-state index in [1.54, 1.807) is 0 Å². The van der Waals surface area contributed by atoms with Crippen LogP contribution in [0.1, 0.15) is 38.0 Å². The first-order chi connectivity index (χ1) is 13.0. The third-order valence-corrected chi connectivity index (χ3v) is 5.35. The lowest BCUT2D eigenvalue weighted by atomic mass is 9.94. The van der Waals surface area contributed by atoms with Crippen molar-refractivity contribution in [2.45, 2.75) is 44.7 Å². The molecule has 0 spiro atoms. The van der Waals surface area contributed by atoms with Gasteiger partial charge in [-0.15, -0.1) is 10.2 Å². The van der Waals surface area contributed by atoms with Crippen molar-refractivity contribution in [1.29, 1.82) is 0 Å². The van der Waals surface area contributed by atoms with Gasteiger partial charge in [0.15, 0.2) is 0 Å². The number of carbonyl (C=O) groups is 3. The van der Waals surface area contributed by atoms with Crippen LogP contribution in [0.15, 0.2) is 33.2 Å². The van der Waals surface area contributed by atoms with Gasteiger partial charge in [-0.2, -0.15) is 0 Å². The van der Waals surface area contributed by atoms with Gasteiger partial charge in [0.25, 0.3) is 0 Å². The van der Waals surface area contributed by atoms with Gasteiger partial charge in [0, 0.05) is 16.1 Å². The van der Waals surface area contributed by atoms with Gasteiger partial charge >= 0.3 is 17.8 Å². The van der Waals surface area contributed by atoms with Gasteiger partial charge < -0.3 is 4.42 Å². The quantitative estimate of drug-likeness (QED) is 0.543. The fourth-order valence-corrected chi connectivity index (χ4v) is 3.91. The summed E-state index contributed by atoms with van der Waals surface area (Å²) in [6.45, 7) is -0.215. The van der Waals surface area contributed by atoms with Crippen molar-refractivity contribution in [3.63, 3.8) is 0 Å². The topological polar surface area (TPSA) is 96.6 Å². The van der Waals surface area contributed by atoms with Gasteiger partial charge in [0.05, 0.1) is 0 Å². The molecule has 1 aliphatic heterocycles. The normalized spacial score (nSPS) is 18.6. The van der Waals surface area contributed by atoms with E-state index in [1.165, 1.54) is 0 Å². The number of hydrogen-bond donors (Lipinski definition) is 0. The summed E-state index contributed by atoms with van der Waals surface area (Å²) in [7, 11) is 0. The van der Waals surface area contributed by atoms with Crippen molar-refractivity contribution in [2.75, 3.05) is 0 Å². The summed E-state index contributed by atoms with van der Waals surface area (Å²) < 4.78 is 6.44. The number of nitrogens with zero attached hydrogens (tertiary/aromatic N) is 4. The van der Waals surface area contributed by atoms with Crippen molar-refractivity contribution in [3.8, 4) is 11.5 Å². The fourth-order valence-electron chi connectivity index (χ4n) is 3.51. The van der Waals surface area contributed by atoms with Crippen LogP contribution in [-0.2, 0) is 16.1 Å². The Morgan fingerprint density at radius 3 is 2.59 bits per heavy atom. The van der Waals surface area contributed by atoms with Crippen molar-refractivity contribution in [3.05, 3.63) is 34.6 Å². The van der Waals surface area contributed by atoms with Crippen molar-refractivity contribution < 1.29 is 18.8 Å². The number of urea groups is 1. The number of carbonyl (C=O) groups excluding carboxylic acids is 3. The first-order valence-corrected chi connectivity index (χ1v) is 9.61. The Labute approximate surface area is 163 Å².